The number of aliphatic hydroxyl groups is 1. The zero-order chi connectivity index (χ0) is 12.0. The highest BCUT2D eigenvalue weighted by molar-refractivity contribution is 5.70. The first kappa shape index (κ1) is 12.7. The van der Waals surface area contributed by atoms with Crippen molar-refractivity contribution in [3.8, 4) is 0 Å². The first-order chi connectivity index (χ1) is 7.65. The smallest absolute Gasteiger partial charge is 0.308 e. The van der Waals surface area contributed by atoms with Crippen LogP contribution in [-0.4, -0.2) is 23.8 Å². The van der Waals surface area contributed by atoms with Gasteiger partial charge in [0.05, 0.1) is 19.1 Å². The van der Waals surface area contributed by atoms with Gasteiger partial charge in [-0.2, -0.15) is 0 Å². The quantitative estimate of drug-likeness (QED) is 0.776. The van der Waals surface area contributed by atoms with Crippen molar-refractivity contribution in [3.63, 3.8) is 0 Å². The molecule has 3 nitrogen and oxygen atoms in total. The van der Waals surface area contributed by atoms with Crippen LogP contribution >= 0.6 is 0 Å². The number of carbonyl (C=O) groups excluding carboxylic acids is 1. The predicted octanol–water partition coefficient (Wildman–Crippen LogP) is 2.10. The standard InChI is InChI=1S/C13H18O3/c1-3-16-13(15)9-12(14)10(2)11-7-5-4-6-8-11/h4-8,10,12,14H,3,9H2,1-2H3. The van der Waals surface area contributed by atoms with Crippen molar-refractivity contribution in [1.29, 1.82) is 0 Å². The summed E-state index contributed by atoms with van der Waals surface area (Å²) in [5.41, 5.74) is 1.03. The van der Waals surface area contributed by atoms with E-state index < -0.39 is 6.10 Å². The monoisotopic (exact) mass is 222 g/mol. The van der Waals surface area contributed by atoms with Gasteiger partial charge in [0.1, 0.15) is 0 Å². The molecule has 2 atom stereocenters. The summed E-state index contributed by atoms with van der Waals surface area (Å²) in [7, 11) is 0. The molecule has 1 aromatic rings. The number of carbonyl (C=O) groups is 1. The number of benzene rings is 1. The first-order valence-corrected chi connectivity index (χ1v) is 5.53. The fourth-order valence-electron chi connectivity index (χ4n) is 1.55. The number of ether oxygens (including phenoxy) is 1. The van der Waals surface area contributed by atoms with E-state index in [9.17, 15) is 9.90 Å². The average Bonchev–Trinajstić information content (AvgIpc) is 2.29. The topological polar surface area (TPSA) is 46.5 Å². The van der Waals surface area contributed by atoms with E-state index in [-0.39, 0.29) is 18.3 Å². The third kappa shape index (κ3) is 3.66. The lowest BCUT2D eigenvalue weighted by atomic mass is 9.94. The molecular formula is C13H18O3. The highest BCUT2D eigenvalue weighted by atomic mass is 16.5. The van der Waals surface area contributed by atoms with Gasteiger partial charge in [-0.05, 0) is 12.5 Å². The fourth-order valence-corrected chi connectivity index (χ4v) is 1.55. The summed E-state index contributed by atoms with van der Waals surface area (Å²) >= 11 is 0. The molecule has 0 bridgehead atoms. The molecule has 0 heterocycles. The van der Waals surface area contributed by atoms with Gasteiger partial charge in [0, 0.05) is 5.92 Å². The molecule has 0 amide bonds. The molecule has 2 unspecified atom stereocenters. The number of hydrogen-bond donors (Lipinski definition) is 1. The minimum atomic E-state index is -0.693. The predicted molar refractivity (Wildman–Crippen MR) is 62.1 cm³/mol. The molecule has 0 radical (unpaired) electrons. The van der Waals surface area contributed by atoms with E-state index in [2.05, 4.69) is 0 Å². The van der Waals surface area contributed by atoms with Crippen molar-refractivity contribution in [1.82, 2.24) is 0 Å². The summed E-state index contributed by atoms with van der Waals surface area (Å²) in [6, 6.07) is 9.65. The Kier molecular flexibility index (Phi) is 4.99. The Bertz CT molecular complexity index is 321. The van der Waals surface area contributed by atoms with Gasteiger partial charge in [0.25, 0.3) is 0 Å². The van der Waals surface area contributed by atoms with Gasteiger partial charge < -0.3 is 9.84 Å². The maximum atomic E-state index is 11.2. The van der Waals surface area contributed by atoms with Gasteiger partial charge in [-0.1, -0.05) is 37.3 Å². The van der Waals surface area contributed by atoms with E-state index in [4.69, 9.17) is 4.74 Å². The number of hydrogen-bond acceptors (Lipinski definition) is 3. The van der Waals surface area contributed by atoms with E-state index in [1.807, 2.05) is 37.3 Å². The molecule has 0 spiro atoms. The normalized spacial score (nSPS) is 14.2. The van der Waals surface area contributed by atoms with Crippen LogP contribution in [0.5, 0.6) is 0 Å². The largest absolute Gasteiger partial charge is 0.466 e. The summed E-state index contributed by atoms with van der Waals surface area (Å²) in [6.45, 7) is 4.01. The van der Waals surface area contributed by atoms with Crippen molar-refractivity contribution in [3.05, 3.63) is 35.9 Å². The summed E-state index contributed by atoms with van der Waals surface area (Å²) in [6.07, 6.45) is -0.648. The number of esters is 1. The van der Waals surface area contributed by atoms with E-state index in [1.54, 1.807) is 6.92 Å². The number of aliphatic hydroxyl groups excluding tert-OH is 1. The molecule has 0 aliphatic heterocycles. The Hall–Kier alpha value is -1.35. The van der Waals surface area contributed by atoms with Gasteiger partial charge >= 0.3 is 5.97 Å². The lowest BCUT2D eigenvalue weighted by Crippen LogP contribution is -2.21. The van der Waals surface area contributed by atoms with Crippen LogP contribution in [0.4, 0.5) is 0 Å². The molecule has 0 saturated heterocycles. The molecule has 0 saturated carbocycles. The van der Waals surface area contributed by atoms with Crippen molar-refractivity contribution in [2.45, 2.75) is 32.3 Å². The van der Waals surface area contributed by atoms with E-state index in [1.165, 1.54) is 0 Å². The summed E-state index contributed by atoms with van der Waals surface area (Å²) in [5.74, 6) is -0.414. The van der Waals surface area contributed by atoms with Crippen LogP contribution in [-0.2, 0) is 9.53 Å². The molecule has 0 aliphatic carbocycles. The second-order valence-electron chi connectivity index (χ2n) is 3.78. The van der Waals surface area contributed by atoms with Crippen molar-refractivity contribution in [2.24, 2.45) is 0 Å². The zero-order valence-corrected chi connectivity index (χ0v) is 9.72. The molecule has 0 aromatic heterocycles. The summed E-state index contributed by atoms with van der Waals surface area (Å²) in [4.78, 5) is 11.2. The Morgan fingerprint density at radius 2 is 2.00 bits per heavy atom. The Labute approximate surface area is 96.1 Å². The third-order valence-corrected chi connectivity index (χ3v) is 2.58. The van der Waals surface area contributed by atoms with Crippen LogP contribution in [0.2, 0.25) is 0 Å². The summed E-state index contributed by atoms with van der Waals surface area (Å²) < 4.78 is 4.80. The zero-order valence-electron chi connectivity index (χ0n) is 9.72. The van der Waals surface area contributed by atoms with Gasteiger partial charge in [0.15, 0.2) is 0 Å². The van der Waals surface area contributed by atoms with E-state index in [0.717, 1.165) is 5.56 Å². The fraction of sp³-hybridized carbons (Fsp3) is 0.462. The van der Waals surface area contributed by atoms with Crippen LogP contribution in [0.25, 0.3) is 0 Å². The lowest BCUT2D eigenvalue weighted by Gasteiger charge is -2.18. The van der Waals surface area contributed by atoms with Crippen LogP contribution in [0.3, 0.4) is 0 Å². The van der Waals surface area contributed by atoms with E-state index in [0.29, 0.717) is 6.61 Å². The highest BCUT2D eigenvalue weighted by Gasteiger charge is 2.19. The molecule has 3 heteroatoms. The van der Waals surface area contributed by atoms with Crippen molar-refractivity contribution in [2.75, 3.05) is 6.61 Å². The molecule has 1 N–H and O–H groups in total. The molecular weight excluding hydrogens is 204 g/mol. The molecule has 88 valence electrons. The van der Waals surface area contributed by atoms with Gasteiger partial charge in [-0.15, -0.1) is 0 Å². The molecule has 0 fully saturated rings. The van der Waals surface area contributed by atoms with Gasteiger partial charge in [-0.3, -0.25) is 4.79 Å². The van der Waals surface area contributed by atoms with Gasteiger partial charge in [0.2, 0.25) is 0 Å². The highest BCUT2D eigenvalue weighted by Crippen LogP contribution is 2.20. The maximum absolute atomic E-state index is 11.2. The molecule has 1 rings (SSSR count). The second-order valence-corrected chi connectivity index (χ2v) is 3.78. The summed E-state index contributed by atoms with van der Waals surface area (Å²) in [5, 5.41) is 9.87. The van der Waals surface area contributed by atoms with Crippen LogP contribution in [0, 0.1) is 0 Å². The molecule has 1 aromatic carbocycles. The van der Waals surface area contributed by atoms with Crippen LogP contribution in [0.1, 0.15) is 31.7 Å². The molecule has 0 aliphatic rings. The third-order valence-electron chi connectivity index (χ3n) is 2.58. The Morgan fingerprint density at radius 1 is 1.38 bits per heavy atom. The maximum Gasteiger partial charge on any atom is 0.308 e. The SMILES string of the molecule is CCOC(=O)CC(O)C(C)c1ccccc1. The minimum absolute atomic E-state index is 0.0455. The van der Waals surface area contributed by atoms with Crippen molar-refractivity contribution >= 4 is 5.97 Å². The first-order valence-electron chi connectivity index (χ1n) is 5.53. The second kappa shape index (κ2) is 6.28. The number of rotatable bonds is 5. The lowest BCUT2D eigenvalue weighted by molar-refractivity contribution is -0.145. The Balaban J connectivity index is 2.54. The van der Waals surface area contributed by atoms with E-state index >= 15 is 0 Å². The van der Waals surface area contributed by atoms with Gasteiger partial charge in [-0.25, -0.2) is 0 Å². The van der Waals surface area contributed by atoms with Crippen LogP contribution < -0.4 is 0 Å². The van der Waals surface area contributed by atoms with Crippen molar-refractivity contribution < 1.29 is 14.6 Å². The average molecular weight is 222 g/mol. The molecule has 16 heavy (non-hydrogen) atoms. The van der Waals surface area contributed by atoms with Crippen LogP contribution in [0.15, 0.2) is 30.3 Å². The Morgan fingerprint density at radius 3 is 2.56 bits per heavy atom. The minimum Gasteiger partial charge on any atom is -0.466 e.